The van der Waals surface area contributed by atoms with Gasteiger partial charge in [0, 0.05) is 30.5 Å². The Morgan fingerprint density at radius 2 is 2.11 bits per heavy atom. The van der Waals surface area contributed by atoms with Gasteiger partial charge in [-0.2, -0.15) is 0 Å². The second kappa shape index (κ2) is 5.41. The molecule has 18 heavy (non-hydrogen) atoms. The number of imidazole rings is 1. The highest BCUT2D eigenvalue weighted by atomic mass is 79.9. The molecule has 0 aliphatic rings. The van der Waals surface area contributed by atoms with Crippen molar-refractivity contribution in [2.24, 2.45) is 7.05 Å². The van der Waals surface area contributed by atoms with Gasteiger partial charge in [-0.25, -0.2) is 4.98 Å². The van der Waals surface area contributed by atoms with Crippen LogP contribution in [0.1, 0.15) is 25.2 Å². The third kappa shape index (κ3) is 2.75. The number of rotatable bonds is 4. The maximum atomic E-state index is 4.75. The van der Waals surface area contributed by atoms with Gasteiger partial charge >= 0.3 is 0 Å². The van der Waals surface area contributed by atoms with Gasteiger partial charge in [-0.3, -0.25) is 0 Å². The predicted octanol–water partition coefficient (Wildman–Crippen LogP) is 3.18. The van der Waals surface area contributed by atoms with Crippen molar-refractivity contribution >= 4 is 27.0 Å². The number of hydrogen-bond acceptors (Lipinski definition) is 2. The van der Waals surface area contributed by atoms with Crippen LogP contribution >= 0.6 is 15.9 Å². The van der Waals surface area contributed by atoms with Gasteiger partial charge in [0.2, 0.25) is 0 Å². The lowest BCUT2D eigenvalue weighted by Gasteiger charge is -2.07. The number of aromatic nitrogens is 2. The van der Waals surface area contributed by atoms with Crippen LogP contribution in [0.5, 0.6) is 0 Å². The molecule has 1 aromatic heterocycles. The maximum absolute atomic E-state index is 4.75. The smallest absolute Gasteiger partial charge is 0.110 e. The van der Waals surface area contributed by atoms with Gasteiger partial charge in [0.25, 0.3) is 0 Å². The van der Waals surface area contributed by atoms with E-state index in [0.29, 0.717) is 6.04 Å². The van der Waals surface area contributed by atoms with Gasteiger partial charge in [0.05, 0.1) is 11.0 Å². The average Bonchev–Trinajstić information content (AvgIpc) is 2.57. The molecule has 0 saturated heterocycles. The highest BCUT2D eigenvalue weighted by molar-refractivity contribution is 9.10. The molecule has 98 valence electrons. The fourth-order valence-corrected chi connectivity index (χ4v) is 2.72. The summed E-state index contributed by atoms with van der Waals surface area (Å²) >= 11 is 3.54. The first-order chi connectivity index (χ1) is 8.49. The van der Waals surface area contributed by atoms with E-state index in [1.165, 1.54) is 11.1 Å². The van der Waals surface area contributed by atoms with E-state index in [-0.39, 0.29) is 0 Å². The monoisotopic (exact) mass is 309 g/mol. The minimum atomic E-state index is 0.524. The first-order valence-electron chi connectivity index (χ1n) is 6.34. The van der Waals surface area contributed by atoms with E-state index >= 15 is 0 Å². The Hall–Kier alpha value is -0.870. The number of nitrogens with zero attached hydrogens (tertiary/aromatic N) is 2. The normalized spacial score (nSPS) is 11.7. The van der Waals surface area contributed by atoms with Gasteiger partial charge in [-0.15, -0.1) is 0 Å². The van der Waals surface area contributed by atoms with Crippen LogP contribution < -0.4 is 5.32 Å². The molecule has 0 aliphatic heterocycles. The molecule has 2 rings (SSSR count). The van der Waals surface area contributed by atoms with Gasteiger partial charge in [0.1, 0.15) is 5.82 Å². The van der Waals surface area contributed by atoms with Crippen LogP contribution in [0.2, 0.25) is 0 Å². The Labute approximate surface area is 117 Å². The molecule has 0 radical (unpaired) electrons. The van der Waals surface area contributed by atoms with Crippen LogP contribution in [0.15, 0.2) is 16.6 Å². The molecule has 0 aliphatic carbocycles. The quantitative estimate of drug-likeness (QED) is 0.940. The van der Waals surface area contributed by atoms with E-state index in [4.69, 9.17) is 4.98 Å². The number of nitrogens with one attached hydrogen (secondary N) is 1. The Bertz CT molecular complexity index is 558. The van der Waals surface area contributed by atoms with Gasteiger partial charge < -0.3 is 9.88 Å². The first kappa shape index (κ1) is 13.6. The topological polar surface area (TPSA) is 29.9 Å². The Kier molecular flexibility index (Phi) is 4.07. The molecular formula is C14H20BrN3. The molecule has 0 saturated carbocycles. The van der Waals surface area contributed by atoms with Crippen molar-refractivity contribution in [2.45, 2.75) is 33.2 Å². The zero-order valence-electron chi connectivity index (χ0n) is 11.4. The van der Waals surface area contributed by atoms with Crippen molar-refractivity contribution in [3.8, 4) is 0 Å². The zero-order valence-corrected chi connectivity index (χ0v) is 13.0. The fraction of sp³-hybridized carbons (Fsp3) is 0.500. The van der Waals surface area contributed by atoms with Crippen molar-refractivity contribution in [1.82, 2.24) is 14.9 Å². The van der Waals surface area contributed by atoms with Crippen LogP contribution in [0, 0.1) is 6.92 Å². The molecule has 2 aromatic rings. The highest BCUT2D eigenvalue weighted by Crippen LogP contribution is 2.24. The third-order valence-corrected chi connectivity index (χ3v) is 3.59. The first-order valence-corrected chi connectivity index (χ1v) is 7.13. The van der Waals surface area contributed by atoms with Crippen molar-refractivity contribution < 1.29 is 0 Å². The van der Waals surface area contributed by atoms with Crippen LogP contribution in [0.3, 0.4) is 0 Å². The minimum absolute atomic E-state index is 0.524. The van der Waals surface area contributed by atoms with Crippen molar-refractivity contribution in [3.05, 3.63) is 28.0 Å². The van der Waals surface area contributed by atoms with Crippen LogP contribution in [0.4, 0.5) is 0 Å². The summed E-state index contributed by atoms with van der Waals surface area (Å²) < 4.78 is 3.30. The van der Waals surface area contributed by atoms with Crippen molar-refractivity contribution in [2.75, 3.05) is 6.54 Å². The summed E-state index contributed by atoms with van der Waals surface area (Å²) in [5.74, 6) is 1.14. The van der Waals surface area contributed by atoms with Gasteiger partial charge in [-0.1, -0.05) is 29.8 Å². The second-order valence-corrected chi connectivity index (χ2v) is 5.95. The summed E-state index contributed by atoms with van der Waals surface area (Å²) in [5, 5.41) is 3.43. The Balaban J connectivity index is 2.30. The van der Waals surface area contributed by atoms with E-state index < -0.39 is 0 Å². The van der Waals surface area contributed by atoms with Crippen LogP contribution in [-0.2, 0) is 13.5 Å². The highest BCUT2D eigenvalue weighted by Gasteiger charge is 2.10. The van der Waals surface area contributed by atoms with Crippen molar-refractivity contribution in [3.63, 3.8) is 0 Å². The molecule has 0 amide bonds. The molecule has 1 heterocycles. The number of hydrogen-bond donors (Lipinski definition) is 1. The molecule has 4 heteroatoms. The Morgan fingerprint density at radius 1 is 1.39 bits per heavy atom. The number of fused-ring (bicyclic) bond motifs is 1. The van der Waals surface area contributed by atoms with E-state index in [2.05, 4.69) is 65.8 Å². The summed E-state index contributed by atoms with van der Waals surface area (Å²) in [5.41, 5.74) is 3.53. The molecular weight excluding hydrogens is 290 g/mol. The molecule has 1 aromatic carbocycles. The largest absolute Gasteiger partial charge is 0.331 e. The zero-order chi connectivity index (χ0) is 13.3. The molecule has 3 nitrogen and oxygen atoms in total. The molecule has 0 fully saturated rings. The summed E-state index contributed by atoms with van der Waals surface area (Å²) in [6.07, 6.45) is 0.959. The molecule has 0 atom stereocenters. The van der Waals surface area contributed by atoms with Crippen LogP contribution in [0.25, 0.3) is 11.0 Å². The number of aryl methyl sites for hydroxylation is 2. The van der Waals surface area contributed by atoms with Gasteiger partial charge in [-0.05, 0) is 24.6 Å². The summed E-state index contributed by atoms with van der Waals surface area (Å²) in [6.45, 7) is 7.40. The second-order valence-electron chi connectivity index (χ2n) is 5.04. The molecule has 0 spiro atoms. The fourth-order valence-electron chi connectivity index (χ4n) is 2.16. The lowest BCUT2D eigenvalue weighted by Crippen LogP contribution is -2.25. The summed E-state index contributed by atoms with van der Waals surface area (Å²) in [6, 6.07) is 4.77. The number of halogens is 1. The summed E-state index contributed by atoms with van der Waals surface area (Å²) in [4.78, 5) is 4.75. The molecule has 1 N–H and O–H groups in total. The van der Waals surface area contributed by atoms with E-state index in [9.17, 15) is 0 Å². The standard InChI is InChI=1S/C14H20BrN3/c1-9(2)16-6-5-13-17-14-10(3)7-11(15)8-12(14)18(13)4/h7-9,16H,5-6H2,1-4H3. The predicted molar refractivity (Wildman–Crippen MR) is 80.0 cm³/mol. The molecule has 0 unspecified atom stereocenters. The van der Waals surface area contributed by atoms with E-state index in [0.717, 1.165) is 28.8 Å². The number of benzene rings is 1. The molecule has 0 bridgehead atoms. The lowest BCUT2D eigenvalue weighted by molar-refractivity contribution is 0.578. The van der Waals surface area contributed by atoms with Gasteiger partial charge in [0.15, 0.2) is 0 Å². The van der Waals surface area contributed by atoms with E-state index in [1.807, 2.05) is 0 Å². The Morgan fingerprint density at radius 3 is 2.78 bits per heavy atom. The van der Waals surface area contributed by atoms with Crippen LogP contribution in [-0.4, -0.2) is 22.1 Å². The van der Waals surface area contributed by atoms with Crippen molar-refractivity contribution in [1.29, 1.82) is 0 Å². The average molecular weight is 310 g/mol. The SMILES string of the molecule is Cc1cc(Br)cc2c1nc(CCNC(C)C)n2C. The maximum Gasteiger partial charge on any atom is 0.110 e. The lowest BCUT2D eigenvalue weighted by atomic mass is 10.2. The van der Waals surface area contributed by atoms with E-state index in [1.54, 1.807) is 0 Å². The third-order valence-electron chi connectivity index (χ3n) is 3.14. The summed E-state index contributed by atoms with van der Waals surface area (Å²) in [7, 11) is 2.09. The minimum Gasteiger partial charge on any atom is -0.331 e.